The summed E-state index contributed by atoms with van der Waals surface area (Å²) in [5.41, 5.74) is 0. The summed E-state index contributed by atoms with van der Waals surface area (Å²) in [6.07, 6.45) is 3.79. The fourth-order valence-electron chi connectivity index (χ4n) is 1.48. The topological polar surface area (TPSA) is 21.3 Å². The number of rotatable bonds is 4. The van der Waals surface area contributed by atoms with Gasteiger partial charge < -0.3 is 10.1 Å². The lowest BCUT2D eigenvalue weighted by atomic mass is 10.1. The smallest absolute Gasteiger partial charge is 0.0619 e. The molecule has 0 spiro atoms. The molecule has 0 saturated carbocycles. The molecule has 1 unspecified atom stereocenters. The van der Waals surface area contributed by atoms with Crippen molar-refractivity contribution in [2.75, 3.05) is 19.8 Å². The normalized spacial score (nSPS) is 24.8. The van der Waals surface area contributed by atoms with Crippen LogP contribution in [0.4, 0.5) is 0 Å². The average Bonchev–Trinajstić information content (AvgIpc) is 2.05. The largest absolute Gasteiger partial charge is 0.380 e. The lowest BCUT2D eigenvalue weighted by molar-refractivity contribution is 0.0702. The minimum absolute atomic E-state index is 0.623. The molecule has 1 N–H and O–H groups in total. The van der Waals surface area contributed by atoms with Gasteiger partial charge in [0.1, 0.15) is 0 Å². The van der Waals surface area contributed by atoms with Gasteiger partial charge in [0, 0.05) is 12.6 Å². The quantitative estimate of drug-likeness (QED) is 0.696. The van der Waals surface area contributed by atoms with Crippen LogP contribution in [0.5, 0.6) is 0 Å². The zero-order chi connectivity index (χ0) is 8.81. The second-order valence-electron chi connectivity index (χ2n) is 4.05. The molecule has 1 fully saturated rings. The molecule has 12 heavy (non-hydrogen) atoms. The summed E-state index contributed by atoms with van der Waals surface area (Å²) in [6.45, 7) is 7.55. The Bertz CT molecular complexity index is 108. The van der Waals surface area contributed by atoms with E-state index in [4.69, 9.17) is 4.74 Å². The predicted molar refractivity (Wildman–Crippen MR) is 51.3 cm³/mol. The van der Waals surface area contributed by atoms with Crippen molar-refractivity contribution in [3.8, 4) is 0 Å². The molecule has 1 heterocycles. The third kappa shape index (κ3) is 4.07. The summed E-state index contributed by atoms with van der Waals surface area (Å²) in [6, 6.07) is 0.623. The van der Waals surface area contributed by atoms with Gasteiger partial charge in [-0.2, -0.15) is 0 Å². The van der Waals surface area contributed by atoms with Gasteiger partial charge in [-0.05, 0) is 31.7 Å². The molecule has 1 atom stereocenters. The van der Waals surface area contributed by atoms with Crippen LogP contribution in [0.25, 0.3) is 0 Å². The van der Waals surface area contributed by atoms with Gasteiger partial charge in [0.25, 0.3) is 0 Å². The highest BCUT2D eigenvalue weighted by molar-refractivity contribution is 4.69. The van der Waals surface area contributed by atoms with E-state index in [9.17, 15) is 0 Å². The number of nitrogens with one attached hydrogen (secondary N) is 1. The summed E-state index contributed by atoms with van der Waals surface area (Å²) in [5, 5.41) is 3.53. The van der Waals surface area contributed by atoms with Gasteiger partial charge in [0.15, 0.2) is 0 Å². The first-order valence-electron chi connectivity index (χ1n) is 5.10. The molecule has 72 valence electrons. The maximum absolute atomic E-state index is 5.38. The molecule has 0 radical (unpaired) electrons. The van der Waals surface area contributed by atoms with Crippen molar-refractivity contribution in [1.82, 2.24) is 5.32 Å². The Morgan fingerprint density at radius 1 is 1.50 bits per heavy atom. The zero-order valence-corrected chi connectivity index (χ0v) is 8.31. The molecule has 1 saturated heterocycles. The Morgan fingerprint density at radius 2 is 2.33 bits per heavy atom. The SMILES string of the molecule is CC(C)CCNC1CCCOC1. The van der Waals surface area contributed by atoms with E-state index in [1.54, 1.807) is 0 Å². The number of hydrogen-bond acceptors (Lipinski definition) is 2. The second-order valence-corrected chi connectivity index (χ2v) is 4.05. The number of ether oxygens (including phenoxy) is 1. The van der Waals surface area contributed by atoms with Gasteiger partial charge in [0.05, 0.1) is 6.61 Å². The fourth-order valence-corrected chi connectivity index (χ4v) is 1.48. The summed E-state index contributed by atoms with van der Waals surface area (Å²) < 4.78 is 5.38. The molecule has 0 aromatic rings. The Balaban J connectivity index is 1.98. The fraction of sp³-hybridized carbons (Fsp3) is 1.00. The molecule has 1 aliphatic rings. The van der Waals surface area contributed by atoms with Crippen LogP contribution in [0.2, 0.25) is 0 Å². The van der Waals surface area contributed by atoms with Crippen LogP contribution in [0.3, 0.4) is 0 Å². The van der Waals surface area contributed by atoms with Gasteiger partial charge in [0.2, 0.25) is 0 Å². The van der Waals surface area contributed by atoms with Crippen molar-refractivity contribution in [3.05, 3.63) is 0 Å². The van der Waals surface area contributed by atoms with Gasteiger partial charge in [-0.15, -0.1) is 0 Å². The number of hydrogen-bond donors (Lipinski definition) is 1. The van der Waals surface area contributed by atoms with E-state index in [1.807, 2.05) is 0 Å². The van der Waals surface area contributed by atoms with E-state index < -0.39 is 0 Å². The van der Waals surface area contributed by atoms with E-state index in [1.165, 1.54) is 19.3 Å². The van der Waals surface area contributed by atoms with Crippen LogP contribution in [0.1, 0.15) is 33.1 Å². The summed E-state index contributed by atoms with van der Waals surface area (Å²) in [7, 11) is 0. The first kappa shape index (κ1) is 10.0. The maximum Gasteiger partial charge on any atom is 0.0619 e. The second kappa shape index (κ2) is 5.55. The van der Waals surface area contributed by atoms with Gasteiger partial charge >= 0.3 is 0 Å². The maximum atomic E-state index is 5.38. The van der Waals surface area contributed by atoms with Gasteiger partial charge in [-0.1, -0.05) is 13.8 Å². The molecule has 2 nitrogen and oxygen atoms in total. The van der Waals surface area contributed by atoms with E-state index in [2.05, 4.69) is 19.2 Å². The summed E-state index contributed by atoms with van der Waals surface area (Å²) in [5.74, 6) is 0.807. The van der Waals surface area contributed by atoms with Crippen molar-refractivity contribution < 1.29 is 4.74 Å². The van der Waals surface area contributed by atoms with Gasteiger partial charge in [-0.3, -0.25) is 0 Å². The molecular formula is C10H21NO. The van der Waals surface area contributed by atoms with Crippen molar-refractivity contribution in [2.24, 2.45) is 5.92 Å². The Kier molecular flexibility index (Phi) is 4.62. The predicted octanol–water partition coefficient (Wildman–Crippen LogP) is 1.80. The van der Waals surface area contributed by atoms with E-state index in [-0.39, 0.29) is 0 Å². The standard InChI is InChI=1S/C10H21NO/c1-9(2)5-6-11-10-4-3-7-12-8-10/h9-11H,3-8H2,1-2H3. The molecule has 0 bridgehead atoms. The molecule has 1 rings (SSSR count). The van der Waals surface area contributed by atoms with Crippen molar-refractivity contribution in [3.63, 3.8) is 0 Å². The van der Waals surface area contributed by atoms with Crippen LogP contribution in [-0.4, -0.2) is 25.8 Å². The molecule has 1 aliphatic heterocycles. The van der Waals surface area contributed by atoms with Gasteiger partial charge in [-0.25, -0.2) is 0 Å². The first-order chi connectivity index (χ1) is 5.79. The van der Waals surface area contributed by atoms with Crippen LogP contribution < -0.4 is 5.32 Å². The highest BCUT2D eigenvalue weighted by atomic mass is 16.5. The minimum Gasteiger partial charge on any atom is -0.380 e. The van der Waals surface area contributed by atoms with Crippen molar-refractivity contribution in [1.29, 1.82) is 0 Å². The average molecular weight is 171 g/mol. The van der Waals surface area contributed by atoms with Crippen LogP contribution >= 0.6 is 0 Å². The van der Waals surface area contributed by atoms with E-state index in [0.717, 1.165) is 25.7 Å². The van der Waals surface area contributed by atoms with Crippen molar-refractivity contribution in [2.45, 2.75) is 39.2 Å². The van der Waals surface area contributed by atoms with E-state index >= 15 is 0 Å². The molecule has 0 aromatic carbocycles. The minimum atomic E-state index is 0.623. The van der Waals surface area contributed by atoms with E-state index in [0.29, 0.717) is 6.04 Å². The van der Waals surface area contributed by atoms with Crippen LogP contribution in [0, 0.1) is 5.92 Å². The first-order valence-corrected chi connectivity index (χ1v) is 5.10. The molecular weight excluding hydrogens is 150 g/mol. The van der Waals surface area contributed by atoms with Crippen LogP contribution in [0.15, 0.2) is 0 Å². The lowest BCUT2D eigenvalue weighted by Gasteiger charge is -2.23. The molecule has 0 aliphatic carbocycles. The Hall–Kier alpha value is -0.0800. The van der Waals surface area contributed by atoms with Crippen LogP contribution in [-0.2, 0) is 4.74 Å². The molecule has 0 amide bonds. The van der Waals surface area contributed by atoms with Crippen molar-refractivity contribution >= 4 is 0 Å². The Morgan fingerprint density at radius 3 is 2.92 bits per heavy atom. The molecule has 2 heteroatoms. The Labute approximate surface area is 75.7 Å². The highest BCUT2D eigenvalue weighted by Gasteiger charge is 2.12. The highest BCUT2D eigenvalue weighted by Crippen LogP contribution is 2.06. The summed E-state index contributed by atoms with van der Waals surface area (Å²) in [4.78, 5) is 0. The zero-order valence-electron chi connectivity index (χ0n) is 8.31. The third-order valence-electron chi connectivity index (χ3n) is 2.31. The summed E-state index contributed by atoms with van der Waals surface area (Å²) >= 11 is 0. The monoisotopic (exact) mass is 171 g/mol. The lowest BCUT2D eigenvalue weighted by Crippen LogP contribution is -2.37. The molecule has 0 aromatic heterocycles. The third-order valence-corrected chi connectivity index (χ3v) is 2.31.